The summed E-state index contributed by atoms with van der Waals surface area (Å²) in [6.45, 7) is -1.38. The molecule has 36 heavy (non-hydrogen) atoms. The van der Waals surface area contributed by atoms with E-state index in [1.165, 1.54) is 0 Å². The van der Waals surface area contributed by atoms with Gasteiger partial charge in [-0.05, 0) is 18.2 Å². The number of hydrogen-bond donors (Lipinski definition) is 4. The zero-order chi connectivity index (χ0) is 26.4. The topological polar surface area (TPSA) is 196 Å². The smallest absolute Gasteiger partial charge is 0.406 e. The van der Waals surface area contributed by atoms with E-state index in [9.17, 15) is 37.5 Å². The number of aliphatic hydroxyl groups excluding tert-OH is 2. The fourth-order valence-electron chi connectivity index (χ4n) is 3.57. The summed E-state index contributed by atoms with van der Waals surface area (Å²) in [5.74, 6) is -0.586. The van der Waals surface area contributed by atoms with Gasteiger partial charge in [0.25, 0.3) is 5.56 Å². The molecule has 0 aliphatic carbocycles. The Morgan fingerprint density at radius 3 is 2.53 bits per heavy atom. The number of nitrogens with zero attached hydrogens (tertiary/aromatic N) is 3. The number of halogens is 3. The van der Waals surface area contributed by atoms with Crippen molar-refractivity contribution in [2.45, 2.75) is 37.4 Å². The van der Waals surface area contributed by atoms with Gasteiger partial charge in [0.1, 0.15) is 29.8 Å². The highest BCUT2D eigenvalue weighted by atomic mass is 31.2. The van der Waals surface area contributed by atoms with Gasteiger partial charge in [-0.3, -0.25) is 18.5 Å². The number of ether oxygens (including phenoxy) is 2. The van der Waals surface area contributed by atoms with E-state index >= 15 is 0 Å². The van der Waals surface area contributed by atoms with Crippen molar-refractivity contribution in [1.29, 1.82) is 0 Å². The molecule has 0 amide bonds. The minimum atomic E-state index is -4.96. The van der Waals surface area contributed by atoms with Crippen LogP contribution in [0.2, 0.25) is 0 Å². The van der Waals surface area contributed by atoms with Gasteiger partial charge in [-0.1, -0.05) is 5.16 Å². The van der Waals surface area contributed by atoms with Gasteiger partial charge >= 0.3 is 19.9 Å². The van der Waals surface area contributed by atoms with Crippen LogP contribution in [0.5, 0.6) is 5.75 Å². The van der Waals surface area contributed by atoms with Crippen molar-refractivity contribution in [3.05, 3.63) is 57.0 Å². The normalized spacial score (nSPS) is 22.9. The molecule has 1 aromatic carbocycles. The molecule has 4 atom stereocenters. The fraction of sp³-hybridized carbons (Fsp3) is 0.389. The van der Waals surface area contributed by atoms with E-state index in [0.717, 1.165) is 35.0 Å². The number of aromatic nitrogens is 3. The Morgan fingerprint density at radius 2 is 1.86 bits per heavy atom. The van der Waals surface area contributed by atoms with E-state index in [1.54, 1.807) is 0 Å². The van der Waals surface area contributed by atoms with Gasteiger partial charge in [0, 0.05) is 12.3 Å². The lowest BCUT2D eigenvalue weighted by atomic mass is 10.1. The summed E-state index contributed by atoms with van der Waals surface area (Å²) in [6.07, 6.45) is -10.5. The number of benzene rings is 1. The molecule has 4 rings (SSSR count). The second kappa shape index (κ2) is 9.44. The van der Waals surface area contributed by atoms with Crippen molar-refractivity contribution in [2.75, 3.05) is 6.61 Å². The molecule has 0 bridgehead atoms. The number of aliphatic hydroxyl groups is 2. The van der Waals surface area contributed by atoms with E-state index in [2.05, 4.69) is 14.4 Å². The van der Waals surface area contributed by atoms with Crippen molar-refractivity contribution in [3.8, 4) is 5.75 Å². The zero-order valence-corrected chi connectivity index (χ0v) is 18.6. The van der Waals surface area contributed by atoms with Crippen molar-refractivity contribution in [1.82, 2.24) is 14.3 Å². The first kappa shape index (κ1) is 26.0. The van der Waals surface area contributed by atoms with E-state index in [0.29, 0.717) is 4.57 Å². The standard InChI is InChI=1S/C18H17F3N3O11P/c19-18(20,21)34-8-1-2-11-9(5-8)10(22-35-11)6-24-13(25)3-4-23(17(24)28)16-15(27)14(26)12(33-16)7-32-36(29,30)31/h1-5,12,14-16,26-27H,6-7H2,(H2,29,30,31)/t12-,14+,15+,16-/m1/s1. The number of alkyl halides is 3. The Bertz CT molecular complexity index is 1430. The van der Waals surface area contributed by atoms with Gasteiger partial charge in [-0.25, -0.2) is 9.36 Å². The summed E-state index contributed by atoms with van der Waals surface area (Å²) in [7, 11) is -4.92. The Kier molecular flexibility index (Phi) is 6.82. The monoisotopic (exact) mass is 539 g/mol. The Balaban J connectivity index is 1.64. The number of fused-ring (bicyclic) bond motifs is 1. The maximum absolute atomic E-state index is 13.0. The fourth-order valence-corrected chi connectivity index (χ4v) is 3.91. The highest BCUT2D eigenvalue weighted by Crippen LogP contribution is 2.38. The van der Waals surface area contributed by atoms with Crippen molar-refractivity contribution < 1.29 is 56.3 Å². The molecule has 196 valence electrons. The van der Waals surface area contributed by atoms with Crippen LogP contribution in [-0.4, -0.2) is 65.6 Å². The first-order valence-electron chi connectivity index (χ1n) is 9.91. The van der Waals surface area contributed by atoms with Gasteiger partial charge in [0.2, 0.25) is 0 Å². The van der Waals surface area contributed by atoms with Crippen LogP contribution < -0.4 is 16.0 Å². The minimum absolute atomic E-state index is 0.0284. The van der Waals surface area contributed by atoms with Gasteiger partial charge in [-0.2, -0.15) is 0 Å². The predicted octanol–water partition coefficient (Wildman–Crippen LogP) is -0.173. The van der Waals surface area contributed by atoms with Gasteiger partial charge in [0.05, 0.1) is 18.5 Å². The van der Waals surface area contributed by atoms with Crippen LogP contribution in [0.15, 0.2) is 44.6 Å². The molecule has 0 saturated carbocycles. The summed E-state index contributed by atoms with van der Waals surface area (Å²) in [6, 6.07) is 4.03. The van der Waals surface area contributed by atoms with E-state index in [1.807, 2.05) is 0 Å². The molecule has 0 radical (unpaired) electrons. The lowest BCUT2D eigenvalue weighted by molar-refractivity contribution is -0.274. The third-order valence-corrected chi connectivity index (χ3v) is 5.66. The molecule has 1 aliphatic heterocycles. The quantitative estimate of drug-likeness (QED) is 0.290. The molecule has 0 spiro atoms. The SMILES string of the molecule is O=c1ccn([C@@H]2O[C@H](COP(=O)(O)O)[C@H](O)[C@@H]2O)c(=O)n1Cc1noc2ccc(OC(F)(F)F)cc12. The highest BCUT2D eigenvalue weighted by molar-refractivity contribution is 7.46. The molecular formula is C18H17F3N3O11P. The average Bonchev–Trinajstić information content (AvgIpc) is 3.29. The number of hydrogen-bond acceptors (Lipinski definition) is 10. The lowest BCUT2D eigenvalue weighted by Crippen LogP contribution is -2.43. The van der Waals surface area contributed by atoms with Crippen LogP contribution in [0.1, 0.15) is 11.9 Å². The Labute approximate surface area is 196 Å². The molecule has 1 saturated heterocycles. The second-order valence-corrected chi connectivity index (χ2v) is 8.84. The second-order valence-electron chi connectivity index (χ2n) is 7.60. The number of rotatable bonds is 7. The third kappa shape index (κ3) is 5.52. The van der Waals surface area contributed by atoms with Crippen molar-refractivity contribution in [2.24, 2.45) is 0 Å². The van der Waals surface area contributed by atoms with E-state index < -0.39 is 68.9 Å². The van der Waals surface area contributed by atoms with Gasteiger partial charge in [-0.15, -0.1) is 13.2 Å². The summed E-state index contributed by atoms with van der Waals surface area (Å²) < 4.78 is 68.4. The Hall–Kier alpha value is -3.05. The zero-order valence-electron chi connectivity index (χ0n) is 17.7. The molecule has 1 fully saturated rings. The van der Waals surface area contributed by atoms with E-state index in [-0.39, 0.29) is 16.7 Å². The molecule has 0 unspecified atom stereocenters. The maximum Gasteiger partial charge on any atom is 0.573 e. The molecule has 3 heterocycles. The molecular weight excluding hydrogens is 522 g/mol. The molecule has 14 nitrogen and oxygen atoms in total. The molecule has 2 aromatic heterocycles. The summed E-state index contributed by atoms with van der Waals surface area (Å²) >= 11 is 0. The van der Waals surface area contributed by atoms with Crippen LogP contribution in [0.25, 0.3) is 11.0 Å². The summed E-state index contributed by atoms with van der Waals surface area (Å²) in [4.78, 5) is 43.1. The van der Waals surface area contributed by atoms with Crippen LogP contribution in [0.3, 0.4) is 0 Å². The van der Waals surface area contributed by atoms with Gasteiger partial charge < -0.3 is 34.0 Å². The maximum atomic E-state index is 13.0. The molecule has 1 aliphatic rings. The number of phosphoric ester groups is 1. The number of phosphoric acid groups is 1. The third-order valence-electron chi connectivity index (χ3n) is 5.17. The van der Waals surface area contributed by atoms with Crippen LogP contribution in [0.4, 0.5) is 13.2 Å². The van der Waals surface area contributed by atoms with Crippen LogP contribution in [-0.2, 0) is 20.4 Å². The van der Waals surface area contributed by atoms with Crippen LogP contribution in [0, 0.1) is 0 Å². The van der Waals surface area contributed by atoms with Gasteiger partial charge in [0.15, 0.2) is 11.8 Å². The summed E-state index contributed by atoms with van der Waals surface area (Å²) in [5, 5.41) is 24.2. The van der Waals surface area contributed by atoms with Crippen molar-refractivity contribution >= 4 is 18.8 Å². The predicted molar refractivity (Wildman–Crippen MR) is 109 cm³/mol. The molecule has 4 N–H and O–H groups in total. The minimum Gasteiger partial charge on any atom is -0.406 e. The summed E-state index contributed by atoms with van der Waals surface area (Å²) in [5.41, 5.74) is -1.94. The van der Waals surface area contributed by atoms with Crippen LogP contribution >= 0.6 is 7.82 Å². The lowest BCUT2D eigenvalue weighted by Gasteiger charge is -2.18. The first-order valence-corrected chi connectivity index (χ1v) is 11.4. The molecule has 3 aromatic rings. The largest absolute Gasteiger partial charge is 0.573 e. The van der Waals surface area contributed by atoms with Crippen molar-refractivity contribution in [3.63, 3.8) is 0 Å². The van der Waals surface area contributed by atoms with E-state index in [4.69, 9.17) is 19.0 Å². The average molecular weight is 539 g/mol. The first-order chi connectivity index (χ1) is 16.7. The highest BCUT2D eigenvalue weighted by Gasteiger charge is 2.45. The Morgan fingerprint density at radius 1 is 1.14 bits per heavy atom. The molecule has 18 heteroatoms.